The molecular formula is C11H20O. The highest BCUT2D eigenvalue weighted by Crippen LogP contribution is 2.20. The minimum absolute atomic E-state index is 0.255. The fourth-order valence-corrected chi connectivity index (χ4v) is 0.892. The number of ketones is 1. The van der Waals surface area contributed by atoms with Crippen LogP contribution in [0.4, 0.5) is 0 Å². The molecule has 0 aliphatic rings. The SMILES string of the molecule is CC(C)=CC(=O)CCC(C)(C)C. The van der Waals surface area contributed by atoms with Crippen molar-refractivity contribution in [1.82, 2.24) is 0 Å². The Hall–Kier alpha value is -0.590. The van der Waals surface area contributed by atoms with Crippen molar-refractivity contribution in [1.29, 1.82) is 0 Å². The molecule has 0 heterocycles. The Morgan fingerprint density at radius 2 is 1.75 bits per heavy atom. The molecule has 0 rings (SSSR count). The van der Waals surface area contributed by atoms with Crippen molar-refractivity contribution in [2.24, 2.45) is 5.41 Å². The van der Waals surface area contributed by atoms with Crippen molar-refractivity contribution >= 4 is 5.78 Å². The maximum atomic E-state index is 11.2. The first kappa shape index (κ1) is 11.4. The number of hydrogen-bond acceptors (Lipinski definition) is 1. The van der Waals surface area contributed by atoms with E-state index in [1.165, 1.54) is 0 Å². The van der Waals surface area contributed by atoms with Gasteiger partial charge in [-0.15, -0.1) is 0 Å². The average Bonchev–Trinajstić information content (AvgIpc) is 1.80. The molecule has 1 nitrogen and oxygen atoms in total. The van der Waals surface area contributed by atoms with Gasteiger partial charge in [0.15, 0.2) is 5.78 Å². The molecule has 0 saturated heterocycles. The Morgan fingerprint density at radius 3 is 2.08 bits per heavy atom. The monoisotopic (exact) mass is 168 g/mol. The van der Waals surface area contributed by atoms with Gasteiger partial charge >= 0.3 is 0 Å². The van der Waals surface area contributed by atoms with Crippen LogP contribution in [0.5, 0.6) is 0 Å². The van der Waals surface area contributed by atoms with Gasteiger partial charge in [0.25, 0.3) is 0 Å². The molecule has 0 aliphatic carbocycles. The molecule has 0 aromatic rings. The molecule has 1 heteroatoms. The Bertz CT molecular complexity index is 178. The number of hydrogen-bond donors (Lipinski definition) is 0. The average molecular weight is 168 g/mol. The van der Waals surface area contributed by atoms with Gasteiger partial charge in [-0.25, -0.2) is 0 Å². The van der Waals surface area contributed by atoms with Gasteiger partial charge in [-0.05, 0) is 31.8 Å². The van der Waals surface area contributed by atoms with Crippen molar-refractivity contribution in [2.45, 2.75) is 47.5 Å². The number of carbonyl (C=O) groups excluding carboxylic acids is 1. The van der Waals surface area contributed by atoms with Crippen LogP contribution in [-0.2, 0) is 4.79 Å². The second-order valence-electron chi connectivity index (χ2n) is 4.75. The van der Waals surface area contributed by atoms with Crippen LogP contribution in [0.3, 0.4) is 0 Å². The first-order chi connectivity index (χ1) is 5.31. The lowest BCUT2D eigenvalue weighted by atomic mass is 9.89. The van der Waals surface area contributed by atoms with Gasteiger partial charge in [-0.3, -0.25) is 4.79 Å². The Kier molecular flexibility index (Phi) is 4.22. The highest BCUT2D eigenvalue weighted by Gasteiger charge is 2.11. The summed E-state index contributed by atoms with van der Waals surface area (Å²) in [7, 11) is 0. The summed E-state index contributed by atoms with van der Waals surface area (Å²) in [5.74, 6) is 0.255. The van der Waals surface area contributed by atoms with E-state index in [1.807, 2.05) is 13.8 Å². The van der Waals surface area contributed by atoms with Crippen LogP contribution in [-0.4, -0.2) is 5.78 Å². The molecule has 0 N–H and O–H groups in total. The lowest BCUT2D eigenvalue weighted by Gasteiger charge is -2.16. The third-order valence-electron chi connectivity index (χ3n) is 1.57. The third kappa shape index (κ3) is 7.52. The van der Waals surface area contributed by atoms with E-state index >= 15 is 0 Å². The summed E-state index contributed by atoms with van der Waals surface area (Å²) in [5, 5.41) is 0. The van der Waals surface area contributed by atoms with Crippen molar-refractivity contribution < 1.29 is 4.79 Å². The van der Waals surface area contributed by atoms with Crippen LogP contribution in [0, 0.1) is 5.41 Å². The second-order valence-corrected chi connectivity index (χ2v) is 4.75. The van der Waals surface area contributed by atoms with E-state index in [0.717, 1.165) is 12.0 Å². The molecule has 0 aliphatic heterocycles. The molecule has 0 bridgehead atoms. The van der Waals surface area contributed by atoms with Crippen LogP contribution in [0.25, 0.3) is 0 Å². The van der Waals surface area contributed by atoms with Gasteiger partial charge in [0.2, 0.25) is 0 Å². The summed E-state index contributed by atoms with van der Waals surface area (Å²) in [6.45, 7) is 10.4. The van der Waals surface area contributed by atoms with Crippen molar-refractivity contribution in [3.63, 3.8) is 0 Å². The number of allylic oxidation sites excluding steroid dienone is 2. The smallest absolute Gasteiger partial charge is 0.155 e. The molecule has 70 valence electrons. The van der Waals surface area contributed by atoms with E-state index in [4.69, 9.17) is 0 Å². The summed E-state index contributed by atoms with van der Waals surface area (Å²) < 4.78 is 0. The molecule has 0 saturated carbocycles. The first-order valence-corrected chi connectivity index (χ1v) is 4.49. The lowest BCUT2D eigenvalue weighted by molar-refractivity contribution is -0.115. The highest BCUT2D eigenvalue weighted by molar-refractivity contribution is 5.90. The Balaban J connectivity index is 3.81. The fourth-order valence-electron chi connectivity index (χ4n) is 0.892. The van der Waals surface area contributed by atoms with Gasteiger partial charge in [0.1, 0.15) is 0 Å². The first-order valence-electron chi connectivity index (χ1n) is 4.49. The largest absolute Gasteiger partial charge is 0.295 e. The van der Waals surface area contributed by atoms with Gasteiger partial charge in [-0.2, -0.15) is 0 Å². The lowest BCUT2D eigenvalue weighted by Crippen LogP contribution is -2.07. The highest BCUT2D eigenvalue weighted by atomic mass is 16.1. The Morgan fingerprint density at radius 1 is 1.25 bits per heavy atom. The van der Waals surface area contributed by atoms with Crippen LogP contribution >= 0.6 is 0 Å². The van der Waals surface area contributed by atoms with Crippen molar-refractivity contribution in [3.8, 4) is 0 Å². The molecule has 12 heavy (non-hydrogen) atoms. The van der Waals surface area contributed by atoms with Gasteiger partial charge in [0.05, 0.1) is 0 Å². The normalized spacial score (nSPS) is 11.1. The van der Waals surface area contributed by atoms with Crippen LogP contribution in [0.1, 0.15) is 47.5 Å². The Labute approximate surface area is 75.9 Å². The maximum Gasteiger partial charge on any atom is 0.155 e. The minimum Gasteiger partial charge on any atom is -0.295 e. The van der Waals surface area contributed by atoms with E-state index in [1.54, 1.807) is 6.08 Å². The summed E-state index contributed by atoms with van der Waals surface area (Å²) >= 11 is 0. The van der Waals surface area contributed by atoms with Gasteiger partial charge < -0.3 is 0 Å². The van der Waals surface area contributed by atoms with Crippen molar-refractivity contribution in [2.75, 3.05) is 0 Å². The van der Waals surface area contributed by atoms with E-state index < -0.39 is 0 Å². The third-order valence-corrected chi connectivity index (χ3v) is 1.57. The van der Waals surface area contributed by atoms with Crippen LogP contribution in [0.15, 0.2) is 11.6 Å². The van der Waals surface area contributed by atoms with E-state index in [9.17, 15) is 4.79 Å². The predicted octanol–water partition coefficient (Wildman–Crippen LogP) is 3.35. The van der Waals surface area contributed by atoms with Gasteiger partial charge in [0, 0.05) is 6.42 Å². The summed E-state index contributed by atoms with van der Waals surface area (Å²) in [5.41, 5.74) is 1.36. The zero-order chi connectivity index (χ0) is 9.78. The summed E-state index contributed by atoms with van der Waals surface area (Å²) in [6.07, 6.45) is 3.37. The van der Waals surface area contributed by atoms with Crippen LogP contribution < -0.4 is 0 Å². The molecule has 0 fully saturated rings. The molecule has 0 radical (unpaired) electrons. The molecule has 0 amide bonds. The molecule has 0 spiro atoms. The quantitative estimate of drug-likeness (QED) is 0.591. The molecule has 0 aromatic carbocycles. The topological polar surface area (TPSA) is 17.1 Å². The second kappa shape index (κ2) is 4.44. The summed E-state index contributed by atoms with van der Waals surface area (Å²) in [4.78, 5) is 11.2. The zero-order valence-corrected chi connectivity index (χ0v) is 8.90. The predicted molar refractivity (Wildman–Crippen MR) is 53.1 cm³/mol. The standard InChI is InChI=1S/C11H20O/c1-9(2)8-10(12)6-7-11(3,4)5/h8H,6-7H2,1-5H3. The minimum atomic E-state index is 0.255. The zero-order valence-electron chi connectivity index (χ0n) is 8.90. The van der Waals surface area contributed by atoms with Gasteiger partial charge in [-0.1, -0.05) is 26.3 Å². The maximum absolute atomic E-state index is 11.2. The molecule has 0 unspecified atom stereocenters. The molecule has 0 aromatic heterocycles. The molecular weight excluding hydrogens is 148 g/mol. The molecule has 0 atom stereocenters. The van der Waals surface area contributed by atoms with Crippen molar-refractivity contribution in [3.05, 3.63) is 11.6 Å². The van der Waals surface area contributed by atoms with Crippen LogP contribution in [0.2, 0.25) is 0 Å². The van der Waals surface area contributed by atoms with E-state index in [0.29, 0.717) is 6.42 Å². The fraction of sp³-hybridized carbons (Fsp3) is 0.727. The number of rotatable bonds is 3. The number of carbonyl (C=O) groups is 1. The summed E-state index contributed by atoms with van der Waals surface area (Å²) in [6, 6.07) is 0. The van der Waals surface area contributed by atoms with E-state index in [2.05, 4.69) is 20.8 Å². The van der Waals surface area contributed by atoms with E-state index in [-0.39, 0.29) is 11.2 Å².